The van der Waals surface area contributed by atoms with E-state index in [9.17, 15) is 36.2 Å². The van der Waals surface area contributed by atoms with Crippen LogP contribution in [0.15, 0.2) is 54.1 Å². The SMILES string of the molecule is O=C(O)C1=Cc2cc(OC(F)(F)F)ccc2OC1(Cc1ccccc1)C(F)(F)F. The summed E-state index contributed by atoms with van der Waals surface area (Å²) in [7, 11) is 0. The minimum atomic E-state index is -5.13. The molecule has 2 aromatic rings. The predicted molar refractivity (Wildman–Crippen MR) is 88.3 cm³/mol. The number of halogens is 6. The van der Waals surface area contributed by atoms with Crippen molar-refractivity contribution in [1.29, 1.82) is 0 Å². The van der Waals surface area contributed by atoms with E-state index in [0.717, 1.165) is 18.2 Å². The van der Waals surface area contributed by atoms with E-state index < -0.39 is 47.6 Å². The van der Waals surface area contributed by atoms with Crippen LogP contribution in [0.2, 0.25) is 0 Å². The van der Waals surface area contributed by atoms with Crippen LogP contribution in [0.1, 0.15) is 11.1 Å². The monoisotopic (exact) mass is 418 g/mol. The summed E-state index contributed by atoms with van der Waals surface area (Å²) >= 11 is 0. The molecule has 0 aliphatic carbocycles. The number of rotatable bonds is 4. The van der Waals surface area contributed by atoms with Crippen LogP contribution in [0.4, 0.5) is 26.3 Å². The molecule has 0 saturated heterocycles. The lowest BCUT2D eigenvalue weighted by atomic mass is 9.82. The van der Waals surface area contributed by atoms with Crippen LogP contribution in [0.5, 0.6) is 11.5 Å². The van der Waals surface area contributed by atoms with Crippen molar-refractivity contribution in [3.8, 4) is 11.5 Å². The second kappa shape index (κ2) is 7.02. The highest BCUT2D eigenvalue weighted by Gasteiger charge is 2.63. The lowest BCUT2D eigenvalue weighted by Gasteiger charge is -2.39. The first-order valence-electron chi connectivity index (χ1n) is 8.06. The lowest BCUT2D eigenvalue weighted by molar-refractivity contribution is -0.274. The highest BCUT2D eigenvalue weighted by atomic mass is 19.4. The Hall–Kier alpha value is -3.17. The number of carbonyl (C=O) groups is 1. The predicted octanol–water partition coefficient (Wildman–Crippen LogP) is 4.99. The standard InChI is InChI=1S/C19H12F6O4/c20-18(21,22)17(10-11-4-2-1-3-5-11)14(16(26)27)9-12-8-13(28-19(23,24)25)6-7-15(12)29-17/h1-9H,10H2,(H,26,27). The second-order valence-electron chi connectivity index (χ2n) is 6.20. The maximum Gasteiger partial charge on any atom is 0.573 e. The Bertz CT molecular complexity index is 949. The Labute approximate surface area is 160 Å². The summed E-state index contributed by atoms with van der Waals surface area (Å²) in [5, 5.41) is 9.44. The second-order valence-corrected chi connectivity index (χ2v) is 6.20. The van der Waals surface area contributed by atoms with E-state index in [0.29, 0.717) is 6.08 Å². The molecule has 1 heterocycles. The van der Waals surface area contributed by atoms with Crippen molar-refractivity contribution in [2.24, 2.45) is 0 Å². The minimum Gasteiger partial charge on any atom is -0.478 e. The quantitative estimate of drug-likeness (QED) is 0.711. The number of aliphatic carboxylic acids is 1. The molecule has 10 heteroatoms. The van der Waals surface area contributed by atoms with Gasteiger partial charge in [-0.15, -0.1) is 13.2 Å². The van der Waals surface area contributed by atoms with E-state index in [-0.39, 0.29) is 11.1 Å². The summed E-state index contributed by atoms with van der Waals surface area (Å²) in [4.78, 5) is 11.7. The van der Waals surface area contributed by atoms with Crippen molar-refractivity contribution < 1.29 is 45.7 Å². The van der Waals surface area contributed by atoms with Gasteiger partial charge in [-0.1, -0.05) is 30.3 Å². The van der Waals surface area contributed by atoms with Crippen LogP contribution >= 0.6 is 0 Å². The number of alkyl halides is 6. The summed E-state index contributed by atoms with van der Waals surface area (Å²) in [6, 6.07) is 9.73. The summed E-state index contributed by atoms with van der Waals surface area (Å²) in [6.07, 6.45) is -10.3. The number of hydrogen-bond donors (Lipinski definition) is 1. The number of carboxylic acid groups (broad SMARTS) is 1. The molecular formula is C19H12F6O4. The maximum atomic E-state index is 14.1. The molecule has 1 aliphatic heterocycles. The van der Waals surface area contributed by atoms with E-state index in [1.807, 2.05) is 0 Å². The van der Waals surface area contributed by atoms with Crippen molar-refractivity contribution in [2.45, 2.75) is 24.6 Å². The van der Waals surface area contributed by atoms with Crippen molar-refractivity contribution in [3.63, 3.8) is 0 Å². The van der Waals surface area contributed by atoms with Gasteiger partial charge in [-0.2, -0.15) is 13.2 Å². The molecule has 1 unspecified atom stereocenters. The largest absolute Gasteiger partial charge is 0.573 e. The Morgan fingerprint density at radius 3 is 2.24 bits per heavy atom. The van der Waals surface area contributed by atoms with Gasteiger partial charge in [-0.25, -0.2) is 4.79 Å². The first-order chi connectivity index (χ1) is 13.4. The normalized spacial score (nSPS) is 19.0. The topological polar surface area (TPSA) is 55.8 Å². The maximum absolute atomic E-state index is 14.1. The summed E-state index contributed by atoms with van der Waals surface area (Å²) in [6.45, 7) is 0. The van der Waals surface area contributed by atoms with Crippen molar-refractivity contribution >= 4 is 12.0 Å². The molecule has 2 aromatic carbocycles. The smallest absolute Gasteiger partial charge is 0.478 e. The third kappa shape index (κ3) is 4.15. The number of fused-ring (bicyclic) bond motifs is 1. The molecule has 154 valence electrons. The summed E-state index contributed by atoms with van der Waals surface area (Å²) in [5.41, 5.74) is -4.49. The number of carboxylic acids is 1. The molecule has 4 nitrogen and oxygen atoms in total. The molecule has 0 radical (unpaired) electrons. The van der Waals surface area contributed by atoms with Crippen LogP contribution in [-0.4, -0.2) is 29.2 Å². The van der Waals surface area contributed by atoms with E-state index in [1.165, 1.54) is 24.3 Å². The summed E-state index contributed by atoms with van der Waals surface area (Å²) in [5.74, 6) is -3.05. The first-order valence-corrected chi connectivity index (χ1v) is 8.06. The fourth-order valence-electron chi connectivity index (χ4n) is 3.00. The van der Waals surface area contributed by atoms with Crippen molar-refractivity contribution in [3.05, 3.63) is 65.2 Å². The molecule has 1 N–H and O–H groups in total. The van der Waals surface area contributed by atoms with E-state index in [1.54, 1.807) is 6.07 Å². The van der Waals surface area contributed by atoms with Crippen molar-refractivity contribution in [2.75, 3.05) is 0 Å². The number of hydrogen-bond acceptors (Lipinski definition) is 3. The van der Waals surface area contributed by atoms with Gasteiger partial charge in [0, 0.05) is 12.0 Å². The zero-order chi connectivity index (χ0) is 21.4. The molecular weight excluding hydrogens is 406 g/mol. The molecule has 0 spiro atoms. The van der Waals surface area contributed by atoms with E-state index >= 15 is 0 Å². The third-order valence-electron chi connectivity index (χ3n) is 4.22. The molecule has 0 amide bonds. The van der Waals surface area contributed by atoms with Crippen LogP contribution < -0.4 is 9.47 Å². The third-order valence-corrected chi connectivity index (χ3v) is 4.22. The highest BCUT2D eigenvalue weighted by molar-refractivity contribution is 5.96. The molecule has 1 aliphatic rings. The molecule has 0 bridgehead atoms. The van der Waals surface area contributed by atoms with Crippen molar-refractivity contribution in [1.82, 2.24) is 0 Å². The fraction of sp³-hybridized carbons (Fsp3) is 0.211. The van der Waals surface area contributed by atoms with Crippen LogP contribution in [-0.2, 0) is 11.2 Å². The molecule has 3 rings (SSSR count). The molecule has 29 heavy (non-hydrogen) atoms. The zero-order valence-electron chi connectivity index (χ0n) is 14.3. The minimum absolute atomic E-state index is 0.164. The van der Waals surface area contributed by atoms with Gasteiger partial charge in [-0.3, -0.25) is 0 Å². The average molecular weight is 418 g/mol. The zero-order valence-corrected chi connectivity index (χ0v) is 14.3. The van der Waals surface area contributed by atoms with Gasteiger partial charge in [0.05, 0.1) is 5.57 Å². The Kier molecular flexibility index (Phi) is 4.97. The van der Waals surface area contributed by atoms with Gasteiger partial charge in [-0.05, 0) is 29.8 Å². The van der Waals surface area contributed by atoms with Crippen LogP contribution in [0.25, 0.3) is 6.08 Å². The van der Waals surface area contributed by atoms with Crippen LogP contribution in [0.3, 0.4) is 0 Å². The lowest BCUT2D eigenvalue weighted by Crippen LogP contribution is -2.56. The fourth-order valence-corrected chi connectivity index (χ4v) is 3.00. The van der Waals surface area contributed by atoms with Gasteiger partial charge in [0.2, 0.25) is 5.60 Å². The molecule has 0 aromatic heterocycles. The molecule has 0 saturated carbocycles. The summed E-state index contributed by atoms with van der Waals surface area (Å²) < 4.78 is 88.3. The first kappa shape index (κ1) is 20.6. The highest BCUT2D eigenvalue weighted by Crippen LogP contribution is 2.48. The Balaban J connectivity index is 2.13. The van der Waals surface area contributed by atoms with E-state index in [2.05, 4.69) is 4.74 Å². The Morgan fingerprint density at radius 1 is 1.03 bits per heavy atom. The Morgan fingerprint density at radius 2 is 1.69 bits per heavy atom. The van der Waals surface area contributed by atoms with Gasteiger partial charge in [0.1, 0.15) is 11.5 Å². The van der Waals surface area contributed by atoms with Gasteiger partial charge in [0.25, 0.3) is 0 Å². The van der Waals surface area contributed by atoms with Gasteiger partial charge < -0.3 is 14.6 Å². The van der Waals surface area contributed by atoms with Crippen LogP contribution in [0, 0.1) is 0 Å². The van der Waals surface area contributed by atoms with Gasteiger partial charge in [0.15, 0.2) is 0 Å². The molecule has 1 atom stereocenters. The number of ether oxygens (including phenoxy) is 2. The number of benzene rings is 2. The molecule has 0 fully saturated rings. The average Bonchev–Trinajstić information content (AvgIpc) is 2.59. The van der Waals surface area contributed by atoms with E-state index in [4.69, 9.17) is 4.74 Å². The van der Waals surface area contributed by atoms with Gasteiger partial charge >= 0.3 is 18.5 Å².